The number of carbonyl (C=O) groups excluding carboxylic acids is 2. The quantitative estimate of drug-likeness (QED) is 0.692. The zero-order valence-corrected chi connectivity index (χ0v) is 11.3. The maximum absolute atomic E-state index is 12.1. The number of likely N-dealkylation sites (tertiary alicyclic amines) is 1. The number of rotatable bonds is 5. The lowest BCUT2D eigenvalue weighted by atomic mass is 10.2. The highest BCUT2D eigenvalue weighted by Crippen LogP contribution is 2.14. The van der Waals surface area contributed by atoms with Crippen LogP contribution in [0, 0.1) is 0 Å². The average Bonchev–Trinajstić information content (AvgIpc) is 3.09. The van der Waals surface area contributed by atoms with Gasteiger partial charge in [-0.1, -0.05) is 6.58 Å². The first kappa shape index (κ1) is 14.1. The Hall–Kier alpha value is -1.36. The van der Waals surface area contributed by atoms with Crippen molar-refractivity contribution >= 4 is 11.8 Å². The van der Waals surface area contributed by atoms with Gasteiger partial charge in [-0.15, -0.1) is 0 Å². The second-order valence-corrected chi connectivity index (χ2v) is 5.15. The van der Waals surface area contributed by atoms with E-state index in [1.54, 1.807) is 4.90 Å². The number of nitrogens with zero attached hydrogens (tertiary/aromatic N) is 2. The zero-order chi connectivity index (χ0) is 13.7. The Morgan fingerprint density at radius 2 is 2.05 bits per heavy atom. The first-order chi connectivity index (χ1) is 9.20. The highest BCUT2D eigenvalue weighted by molar-refractivity contribution is 5.91. The molecule has 0 aromatic heterocycles. The number of hydrogen-bond acceptors (Lipinski definition) is 3. The third-order valence-corrected chi connectivity index (χ3v) is 3.72. The Balaban J connectivity index is 1.90. The van der Waals surface area contributed by atoms with Crippen LogP contribution in [-0.4, -0.2) is 60.5 Å². The Kier molecular flexibility index (Phi) is 4.96. The van der Waals surface area contributed by atoms with Gasteiger partial charge in [0.2, 0.25) is 11.8 Å². The normalized spacial score (nSPS) is 22.5. The molecular formula is C14H22N2O3. The van der Waals surface area contributed by atoms with Crippen molar-refractivity contribution in [3.63, 3.8) is 0 Å². The van der Waals surface area contributed by atoms with E-state index in [1.807, 2.05) is 4.90 Å². The van der Waals surface area contributed by atoms with Gasteiger partial charge in [0.05, 0.1) is 6.10 Å². The van der Waals surface area contributed by atoms with Crippen molar-refractivity contribution in [1.82, 2.24) is 9.80 Å². The van der Waals surface area contributed by atoms with E-state index < -0.39 is 0 Å². The van der Waals surface area contributed by atoms with Crippen LogP contribution in [-0.2, 0) is 14.3 Å². The van der Waals surface area contributed by atoms with E-state index in [4.69, 9.17) is 4.74 Å². The minimum atomic E-state index is -0.192. The summed E-state index contributed by atoms with van der Waals surface area (Å²) in [5, 5.41) is 0. The Labute approximate surface area is 114 Å². The van der Waals surface area contributed by atoms with Gasteiger partial charge in [0.15, 0.2) is 0 Å². The van der Waals surface area contributed by atoms with Crippen LogP contribution in [0.1, 0.15) is 25.7 Å². The number of hydrogen-bond donors (Lipinski definition) is 0. The second-order valence-electron chi connectivity index (χ2n) is 5.15. The molecule has 0 N–H and O–H groups in total. The van der Waals surface area contributed by atoms with Gasteiger partial charge in [0.1, 0.15) is 6.54 Å². The van der Waals surface area contributed by atoms with Crippen molar-refractivity contribution in [2.24, 2.45) is 0 Å². The molecule has 0 aromatic carbocycles. The standard InChI is InChI=1S/C14H22N2O3/c1-2-13(17)16(10-12-6-5-9-19-12)11-14(18)15-7-3-4-8-15/h2,12H,1,3-11H2. The summed E-state index contributed by atoms with van der Waals surface area (Å²) < 4.78 is 5.53. The molecule has 1 unspecified atom stereocenters. The van der Waals surface area contributed by atoms with E-state index in [0.29, 0.717) is 6.54 Å². The van der Waals surface area contributed by atoms with E-state index in [-0.39, 0.29) is 24.5 Å². The summed E-state index contributed by atoms with van der Waals surface area (Å²) in [6.07, 6.45) is 5.45. The molecule has 2 rings (SSSR count). The largest absolute Gasteiger partial charge is 0.376 e. The van der Waals surface area contributed by atoms with Crippen molar-refractivity contribution in [2.45, 2.75) is 31.8 Å². The van der Waals surface area contributed by atoms with Crippen LogP contribution in [0.25, 0.3) is 0 Å². The summed E-state index contributed by atoms with van der Waals surface area (Å²) in [6.45, 7) is 6.52. The van der Waals surface area contributed by atoms with Gasteiger partial charge in [-0.05, 0) is 31.8 Å². The van der Waals surface area contributed by atoms with Crippen LogP contribution >= 0.6 is 0 Å². The van der Waals surface area contributed by atoms with E-state index in [1.165, 1.54) is 6.08 Å². The number of ether oxygens (including phenoxy) is 1. The van der Waals surface area contributed by atoms with Gasteiger partial charge in [-0.3, -0.25) is 9.59 Å². The van der Waals surface area contributed by atoms with Crippen molar-refractivity contribution in [2.75, 3.05) is 32.8 Å². The minimum absolute atomic E-state index is 0.0331. The fourth-order valence-corrected chi connectivity index (χ4v) is 2.63. The van der Waals surface area contributed by atoms with Gasteiger partial charge in [0.25, 0.3) is 0 Å². The fraction of sp³-hybridized carbons (Fsp3) is 0.714. The maximum Gasteiger partial charge on any atom is 0.246 e. The predicted molar refractivity (Wildman–Crippen MR) is 71.6 cm³/mol. The highest BCUT2D eigenvalue weighted by Gasteiger charge is 2.25. The van der Waals surface area contributed by atoms with Gasteiger partial charge in [0, 0.05) is 26.2 Å². The Morgan fingerprint density at radius 3 is 2.63 bits per heavy atom. The van der Waals surface area contributed by atoms with Crippen LogP contribution in [0.3, 0.4) is 0 Å². The molecule has 2 aliphatic heterocycles. The van der Waals surface area contributed by atoms with Crippen molar-refractivity contribution in [1.29, 1.82) is 0 Å². The highest BCUT2D eigenvalue weighted by atomic mass is 16.5. The van der Waals surface area contributed by atoms with Gasteiger partial charge < -0.3 is 14.5 Å². The van der Waals surface area contributed by atoms with Gasteiger partial charge >= 0.3 is 0 Å². The van der Waals surface area contributed by atoms with Gasteiger partial charge in [-0.2, -0.15) is 0 Å². The second kappa shape index (κ2) is 6.70. The first-order valence-electron chi connectivity index (χ1n) is 7.01. The molecule has 0 bridgehead atoms. The Bertz CT molecular complexity index is 345. The first-order valence-corrected chi connectivity index (χ1v) is 7.01. The summed E-state index contributed by atoms with van der Waals surface area (Å²) in [5.74, 6) is -0.159. The molecule has 0 saturated carbocycles. The SMILES string of the molecule is C=CC(=O)N(CC(=O)N1CCCC1)CC1CCCO1. The van der Waals surface area contributed by atoms with Gasteiger partial charge in [-0.25, -0.2) is 0 Å². The summed E-state index contributed by atoms with van der Waals surface area (Å²) >= 11 is 0. The summed E-state index contributed by atoms with van der Waals surface area (Å²) in [4.78, 5) is 27.3. The molecule has 5 heteroatoms. The lowest BCUT2D eigenvalue weighted by molar-refractivity contribution is -0.138. The Morgan fingerprint density at radius 1 is 1.32 bits per heavy atom. The third kappa shape index (κ3) is 3.80. The summed E-state index contributed by atoms with van der Waals surface area (Å²) in [5.41, 5.74) is 0. The molecule has 1 atom stereocenters. The molecule has 2 aliphatic rings. The number of amides is 2. The molecule has 19 heavy (non-hydrogen) atoms. The molecule has 106 valence electrons. The molecule has 0 aliphatic carbocycles. The molecule has 2 fully saturated rings. The lowest BCUT2D eigenvalue weighted by Crippen LogP contribution is -2.44. The summed E-state index contributed by atoms with van der Waals surface area (Å²) in [6, 6.07) is 0. The van der Waals surface area contributed by atoms with Crippen LogP contribution in [0.2, 0.25) is 0 Å². The maximum atomic E-state index is 12.1. The molecule has 2 amide bonds. The van der Waals surface area contributed by atoms with E-state index in [9.17, 15) is 9.59 Å². The molecule has 0 aromatic rings. The van der Waals surface area contributed by atoms with Crippen molar-refractivity contribution < 1.29 is 14.3 Å². The minimum Gasteiger partial charge on any atom is -0.376 e. The predicted octanol–water partition coefficient (Wildman–Crippen LogP) is 0.802. The van der Waals surface area contributed by atoms with E-state index in [2.05, 4.69) is 6.58 Å². The van der Waals surface area contributed by atoms with Crippen LogP contribution in [0.15, 0.2) is 12.7 Å². The summed E-state index contributed by atoms with van der Waals surface area (Å²) in [7, 11) is 0. The third-order valence-electron chi connectivity index (χ3n) is 3.72. The molecule has 0 spiro atoms. The molecule has 2 saturated heterocycles. The molecule has 0 radical (unpaired) electrons. The lowest BCUT2D eigenvalue weighted by Gasteiger charge is -2.26. The van der Waals surface area contributed by atoms with Crippen LogP contribution in [0.4, 0.5) is 0 Å². The monoisotopic (exact) mass is 266 g/mol. The fourth-order valence-electron chi connectivity index (χ4n) is 2.63. The average molecular weight is 266 g/mol. The van der Waals surface area contributed by atoms with E-state index in [0.717, 1.165) is 45.4 Å². The van der Waals surface area contributed by atoms with Crippen LogP contribution in [0.5, 0.6) is 0 Å². The smallest absolute Gasteiger partial charge is 0.246 e. The van der Waals surface area contributed by atoms with Crippen molar-refractivity contribution in [3.8, 4) is 0 Å². The number of carbonyl (C=O) groups is 2. The topological polar surface area (TPSA) is 49.9 Å². The van der Waals surface area contributed by atoms with E-state index >= 15 is 0 Å². The van der Waals surface area contributed by atoms with Crippen molar-refractivity contribution in [3.05, 3.63) is 12.7 Å². The zero-order valence-electron chi connectivity index (χ0n) is 11.3. The van der Waals surface area contributed by atoms with Crippen LogP contribution < -0.4 is 0 Å². The molecular weight excluding hydrogens is 244 g/mol. The molecule has 2 heterocycles. The molecule has 5 nitrogen and oxygen atoms in total.